The topological polar surface area (TPSA) is 35.5 Å². The molecule has 3 nitrogen and oxygen atoms in total. The number of Topliss-reactive ketones (excluding diaryl/α,β-unsaturated/α-hetero) is 1. The second-order valence-corrected chi connectivity index (χ2v) is 8.17. The maximum absolute atomic E-state index is 12.7. The molecule has 1 saturated heterocycles. The zero-order valence-corrected chi connectivity index (χ0v) is 11.9. The molecule has 104 valence electrons. The Bertz CT molecular complexity index is 490. The normalized spacial score (nSPS) is 58.7. The third kappa shape index (κ3) is 0.909. The van der Waals surface area contributed by atoms with Crippen molar-refractivity contribution in [3.63, 3.8) is 0 Å². The van der Waals surface area contributed by atoms with E-state index in [-0.39, 0.29) is 16.6 Å². The first-order valence-corrected chi connectivity index (χ1v) is 7.77. The van der Waals surface area contributed by atoms with E-state index in [1.165, 1.54) is 6.42 Å². The number of ketones is 1. The molecule has 0 aromatic carbocycles. The third-order valence-corrected chi connectivity index (χ3v) is 7.40. The standard InChI is InChI=1S/C16H22O3/c1-14(2)12-10-8(4-5-16(10)18-6-7-19-16)9-11(13(14)17)15(9,12)3/h8-12H,4-7H2,1-3H3/t8-,9?,10-,11-,12-,15+/m1/s1. The fourth-order valence-electron chi connectivity index (χ4n) is 7.04. The van der Waals surface area contributed by atoms with Crippen molar-refractivity contribution in [2.45, 2.75) is 39.4 Å². The first-order chi connectivity index (χ1) is 8.94. The molecule has 6 atom stereocenters. The summed E-state index contributed by atoms with van der Waals surface area (Å²) in [5, 5.41) is 0. The van der Waals surface area contributed by atoms with E-state index < -0.39 is 0 Å². The van der Waals surface area contributed by atoms with Gasteiger partial charge in [0, 0.05) is 23.7 Å². The molecule has 3 heteroatoms. The molecular formula is C16H22O3. The lowest BCUT2D eigenvalue weighted by molar-refractivity contribution is -0.203. The van der Waals surface area contributed by atoms with Crippen molar-refractivity contribution in [3.05, 3.63) is 0 Å². The summed E-state index contributed by atoms with van der Waals surface area (Å²) in [7, 11) is 0. The Hall–Kier alpha value is -0.410. The zero-order valence-electron chi connectivity index (χ0n) is 11.9. The Kier molecular flexibility index (Phi) is 1.66. The quantitative estimate of drug-likeness (QED) is 0.671. The van der Waals surface area contributed by atoms with E-state index in [1.807, 2.05) is 0 Å². The van der Waals surface area contributed by atoms with Crippen LogP contribution in [0.3, 0.4) is 0 Å². The van der Waals surface area contributed by atoms with Crippen LogP contribution in [0.5, 0.6) is 0 Å². The molecule has 19 heavy (non-hydrogen) atoms. The summed E-state index contributed by atoms with van der Waals surface area (Å²) < 4.78 is 12.1. The van der Waals surface area contributed by atoms with Crippen molar-refractivity contribution >= 4 is 5.78 Å². The number of carbonyl (C=O) groups excluding carboxylic acids is 1. The highest BCUT2D eigenvalue weighted by Crippen LogP contribution is 2.86. The smallest absolute Gasteiger partial charge is 0.171 e. The molecule has 5 fully saturated rings. The van der Waals surface area contributed by atoms with Crippen molar-refractivity contribution in [3.8, 4) is 0 Å². The minimum atomic E-state index is -0.335. The summed E-state index contributed by atoms with van der Waals surface area (Å²) in [6.45, 7) is 8.15. The molecule has 0 aromatic rings. The molecule has 0 bridgehead atoms. The molecule has 4 aliphatic carbocycles. The highest BCUT2D eigenvalue weighted by atomic mass is 16.7. The van der Waals surface area contributed by atoms with Crippen LogP contribution in [0.25, 0.3) is 0 Å². The van der Waals surface area contributed by atoms with E-state index >= 15 is 0 Å². The molecule has 1 aliphatic heterocycles. The fraction of sp³-hybridized carbons (Fsp3) is 0.938. The van der Waals surface area contributed by atoms with E-state index in [0.717, 1.165) is 19.6 Å². The van der Waals surface area contributed by atoms with Gasteiger partial charge in [-0.25, -0.2) is 0 Å². The van der Waals surface area contributed by atoms with Crippen molar-refractivity contribution in [1.29, 1.82) is 0 Å². The second-order valence-electron chi connectivity index (χ2n) is 8.17. The van der Waals surface area contributed by atoms with Crippen LogP contribution in [-0.2, 0) is 14.3 Å². The highest BCUT2D eigenvalue weighted by Gasteiger charge is 2.88. The van der Waals surface area contributed by atoms with Gasteiger partial charge < -0.3 is 9.47 Å². The first kappa shape index (κ1) is 11.3. The molecule has 1 heterocycles. The van der Waals surface area contributed by atoms with Crippen LogP contribution in [0.4, 0.5) is 0 Å². The van der Waals surface area contributed by atoms with Crippen LogP contribution < -0.4 is 0 Å². The number of fused-ring (bicyclic) bond motifs is 5. The average Bonchev–Trinajstić information content (AvgIpc) is 2.78. The van der Waals surface area contributed by atoms with Gasteiger partial charge in [0.2, 0.25) is 0 Å². The maximum Gasteiger partial charge on any atom is 0.171 e. The van der Waals surface area contributed by atoms with Gasteiger partial charge in [-0.05, 0) is 29.6 Å². The Labute approximate surface area is 114 Å². The van der Waals surface area contributed by atoms with Crippen molar-refractivity contribution in [1.82, 2.24) is 0 Å². The number of carbonyl (C=O) groups is 1. The monoisotopic (exact) mass is 262 g/mol. The van der Waals surface area contributed by atoms with E-state index in [1.54, 1.807) is 0 Å². The van der Waals surface area contributed by atoms with E-state index in [2.05, 4.69) is 20.8 Å². The number of rotatable bonds is 0. The molecule has 5 aliphatic rings. The lowest BCUT2D eigenvalue weighted by atomic mass is 9.68. The average molecular weight is 262 g/mol. The largest absolute Gasteiger partial charge is 0.347 e. The van der Waals surface area contributed by atoms with E-state index in [0.29, 0.717) is 35.4 Å². The van der Waals surface area contributed by atoms with Gasteiger partial charge in [0.25, 0.3) is 0 Å². The van der Waals surface area contributed by atoms with E-state index in [4.69, 9.17) is 9.47 Å². The van der Waals surface area contributed by atoms with Gasteiger partial charge in [-0.3, -0.25) is 4.79 Å². The van der Waals surface area contributed by atoms with Crippen LogP contribution in [0.2, 0.25) is 0 Å². The van der Waals surface area contributed by atoms with Gasteiger partial charge in [0.15, 0.2) is 5.79 Å². The predicted molar refractivity (Wildman–Crippen MR) is 68.2 cm³/mol. The summed E-state index contributed by atoms with van der Waals surface area (Å²) in [6, 6.07) is 0. The predicted octanol–water partition coefficient (Wildman–Crippen LogP) is 2.25. The molecule has 0 radical (unpaired) electrons. The van der Waals surface area contributed by atoms with Gasteiger partial charge >= 0.3 is 0 Å². The minimum Gasteiger partial charge on any atom is -0.347 e. The van der Waals surface area contributed by atoms with Crippen molar-refractivity contribution in [2.75, 3.05) is 13.2 Å². The molecular weight excluding hydrogens is 240 g/mol. The van der Waals surface area contributed by atoms with Crippen LogP contribution in [0.15, 0.2) is 0 Å². The SMILES string of the molecule is CC1(C)C(=O)[C@H]2C3[C@H]4CCC5(OCCO5)[C@H]4[C@H]1[C@@]32C. The van der Waals surface area contributed by atoms with Crippen molar-refractivity contribution < 1.29 is 14.3 Å². The Morgan fingerprint density at radius 1 is 1.11 bits per heavy atom. The van der Waals surface area contributed by atoms with Crippen LogP contribution in [0, 0.1) is 40.4 Å². The van der Waals surface area contributed by atoms with Crippen LogP contribution in [0.1, 0.15) is 33.6 Å². The fourth-order valence-corrected chi connectivity index (χ4v) is 7.04. The summed E-state index contributed by atoms with van der Waals surface area (Å²) in [6.07, 6.45) is 2.24. The molecule has 5 rings (SSSR count). The Morgan fingerprint density at radius 2 is 1.79 bits per heavy atom. The summed E-state index contributed by atoms with van der Waals surface area (Å²) in [5.41, 5.74) is 0.0840. The zero-order chi connectivity index (χ0) is 13.2. The summed E-state index contributed by atoms with van der Waals surface area (Å²) in [5.74, 6) is 2.77. The van der Waals surface area contributed by atoms with Gasteiger partial charge in [-0.15, -0.1) is 0 Å². The Morgan fingerprint density at radius 3 is 2.47 bits per heavy atom. The van der Waals surface area contributed by atoms with Crippen molar-refractivity contribution in [2.24, 2.45) is 40.4 Å². The van der Waals surface area contributed by atoms with Gasteiger partial charge in [-0.1, -0.05) is 20.8 Å². The Balaban J connectivity index is 1.66. The number of hydrogen-bond acceptors (Lipinski definition) is 3. The molecule has 1 spiro atoms. The summed E-state index contributed by atoms with van der Waals surface area (Å²) in [4.78, 5) is 12.7. The second kappa shape index (κ2) is 2.80. The third-order valence-electron chi connectivity index (χ3n) is 7.40. The van der Waals surface area contributed by atoms with Gasteiger partial charge in [0.1, 0.15) is 5.78 Å². The molecule has 0 amide bonds. The first-order valence-electron chi connectivity index (χ1n) is 7.77. The lowest BCUT2D eigenvalue weighted by Gasteiger charge is -2.40. The van der Waals surface area contributed by atoms with Crippen LogP contribution in [-0.4, -0.2) is 24.8 Å². The van der Waals surface area contributed by atoms with Gasteiger partial charge in [0.05, 0.1) is 13.2 Å². The molecule has 0 N–H and O–H groups in total. The van der Waals surface area contributed by atoms with Gasteiger partial charge in [-0.2, -0.15) is 0 Å². The molecule has 0 aromatic heterocycles. The molecule has 1 unspecified atom stereocenters. The summed E-state index contributed by atoms with van der Waals surface area (Å²) >= 11 is 0. The van der Waals surface area contributed by atoms with Crippen LogP contribution >= 0.6 is 0 Å². The highest BCUT2D eigenvalue weighted by molar-refractivity contribution is 5.95. The molecule has 4 saturated carbocycles. The maximum atomic E-state index is 12.7. The number of ether oxygens (including phenoxy) is 2. The van der Waals surface area contributed by atoms with E-state index in [9.17, 15) is 4.79 Å². The lowest BCUT2D eigenvalue weighted by Crippen LogP contribution is -2.44. The minimum absolute atomic E-state index is 0.179. The number of hydrogen-bond donors (Lipinski definition) is 0.